The van der Waals surface area contributed by atoms with Crippen LogP contribution in [0, 0.1) is 11.7 Å². The quantitative estimate of drug-likeness (QED) is 0.440. The second-order valence-corrected chi connectivity index (χ2v) is 19.2. The van der Waals surface area contributed by atoms with Crippen LogP contribution in [0.2, 0.25) is 17.3 Å². The van der Waals surface area contributed by atoms with Crippen LogP contribution in [0.1, 0.15) is 19.4 Å². The van der Waals surface area contributed by atoms with Gasteiger partial charge in [0.05, 0.1) is 0 Å². The number of rotatable bonds is 5. The fraction of sp³-hybridized carbons (Fsp3) is 0.292. The summed E-state index contributed by atoms with van der Waals surface area (Å²) in [6, 6.07) is 17.2. The van der Waals surface area contributed by atoms with E-state index in [9.17, 15) is 4.39 Å². The first kappa shape index (κ1) is 19.8. The molecule has 0 fully saturated rings. The number of hydrogen-bond donors (Lipinski definition) is 0. The molecule has 2 aromatic carbocycles. The Labute approximate surface area is 165 Å². The molecule has 140 valence electrons. The molecule has 1 heterocycles. The van der Waals surface area contributed by atoms with Crippen LogP contribution in [0.15, 0.2) is 60.8 Å². The predicted octanol–water partition coefficient (Wildman–Crippen LogP) is 6.30. The zero-order chi connectivity index (χ0) is 19.6. The molecule has 0 amide bonds. The molecule has 0 bridgehead atoms. The van der Waals surface area contributed by atoms with E-state index in [2.05, 4.69) is 43.4 Å². The zero-order valence-electron chi connectivity index (χ0n) is 16.9. The van der Waals surface area contributed by atoms with Gasteiger partial charge in [-0.15, -0.1) is 0 Å². The number of hydrogen-bond acceptors (Lipinski definition) is 1. The third kappa shape index (κ3) is 4.67. The summed E-state index contributed by atoms with van der Waals surface area (Å²) in [5.74, 6) is 7.62. The molecule has 3 heteroatoms. The number of benzene rings is 2. The second-order valence-electron chi connectivity index (χ2n) is 8.64. The average molecular weight is 422 g/mol. The van der Waals surface area contributed by atoms with Crippen molar-refractivity contribution in [3.05, 3.63) is 72.2 Å². The first-order valence-corrected chi connectivity index (χ1v) is 16.9. The number of nitrogens with zero attached hydrogens (tertiary/aromatic N) is 1. The van der Waals surface area contributed by atoms with E-state index >= 15 is 0 Å². The Hall–Kier alpha value is -1.94. The van der Waals surface area contributed by atoms with Crippen molar-refractivity contribution in [1.82, 2.24) is 4.98 Å². The van der Waals surface area contributed by atoms with Crippen molar-refractivity contribution in [3.8, 4) is 22.4 Å². The monoisotopic (exact) mass is 423 g/mol. The van der Waals surface area contributed by atoms with E-state index in [0.717, 1.165) is 23.2 Å². The topological polar surface area (TPSA) is 12.9 Å². The van der Waals surface area contributed by atoms with Gasteiger partial charge in [-0.3, -0.25) is 0 Å². The summed E-state index contributed by atoms with van der Waals surface area (Å²) in [7, 11) is 0. The molecular weight excluding hydrogens is 394 g/mol. The summed E-state index contributed by atoms with van der Waals surface area (Å²) in [4.78, 5) is 4.77. The van der Waals surface area contributed by atoms with E-state index in [1.807, 2.05) is 42.5 Å². The van der Waals surface area contributed by atoms with Gasteiger partial charge in [0, 0.05) is 0 Å². The van der Waals surface area contributed by atoms with Gasteiger partial charge in [-0.2, -0.15) is 0 Å². The van der Waals surface area contributed by atoms with Crippen LogP contribution in [-0.2, 0) is 6.42 Å². The summed E-state index contributed by atoms with van der Waals surface area (Å²) in [6.45, 7) is 4.51. The van der Waals surface area contributed by atoms with E-state index < -0.39 is 13.3 Å². The SMILES string of the molecule is CC(C)Cc1cc(-c2ccc(F)c(-c3ccccc3)c2)nc[c]1[Ge]([CH3])([CH3])[CH3]. The Balaban J connectivity index is 2.09. The third-order valence-electron chi connectivity index (χ3n) is 4.77. The molecule has 1 nitrogen and oxygen atoms in total. The molecular formula is C24H28FGeN. The molecule has 0 atom stereocenters. The number of halogens is 1. The van der Waals surface area contributed by atoms with Crippen molar-refractivity contribution in [2.24, 2.45) is 5.92 Å². The van der Waals surface area contributed by atoms with Gasteiger partial charge in [-0.05, 0) is 0 Å². The standard InChI is InChI=1S/C24H28FGeN/c1-17(2)13-20-15-24(27-16-23(20)26(3,4)5)19-11-12-22(25)21(14-19)18-9-7-6-8-10-18/h6-12,14-17H,13H2,1-5H3. The number of pyridine rings is 1. The second kappa shape index (κ2) is 7.97. The molecule has 27 heavy (non-hydrogen) atoms. The molecule has 0 N–H and O–H groups in total. The Morgan fingerprint density at radius 1 is 0.926 bits per heavy atom. The molecule has 0 saturated heterocycles. The summed E-state index contributed by atoms with van der Waals surface area (Å²) in [5.41, 5.74) is 4.82. The number of aromatic nitrogens is 1. The van der Waals surface area contributed by atoms with Crippen LogP contribution < -0.4 is 4.40 Å². The third-order valence-corrected chi connectivity index (χ3v) is 9.11. The maximum absolute atomic E-state index is 14.4. The summed E-state index contributed by atoms with van der Waals surface area (Å²) in [5, 5.41) is 0. The maximum atomic E-state index is 14.4. The van der Waals surface area contributed by atoms with Crippen molar-refractivity contribution < 1.29 is 4.39 Å². The van der Waals surface area contributed by atoms with E-state index in [1.165, 1.54) is 9.96 Å². The molecule has 3 aromatic rings. The van der Waals surface area contributed by atoms with Gasteiger partial charge in [0.15, 0.2) is 0 Å². The summed E-state index contributed by atoms with van der Waals surface area (Å²) >= 11 is -1.99. The Kier molecular flexibility index (Phi) is 5.85. The normalized spacial score (nSPS) is 11.8. The van der Waals surface area contributed by atoms with Crippen molar-refractivity contribution in [1.29, 1.82) is 0 Å². The van der Waals surface area contributed by atoms with Crippen LogP contribution in [0.5, 0.6) is 0 Å². The van der Waals surface area contributed by atoms with Crippen LogP contribution >= 0.6 is 0 Å². The Morgan fingerprint density at radius 2 is 1.63 bits per heavy atom. The first-order valence-electron chi connectivity index (χ1n) is 9.60. The average Bonchev–Trinajstić information content (AvgIpc) is 2.61. The minimum absolute atomic E-state index is 0.200. The van der Waals surface area contributed by atoms with Gasteiger partial charge >= 0.3 is 165 Å². The fourth-order valence-electron chi connectivity index (χ4n) is 3.46. The van der Waals surface area contributed by atoms with Crippen LogP contribution in [0.3, 0.4) is 0 Å². The van der Waals surface area contributed by atoms with Gasteiger partial charge in [0.2, 0.25) is 0 Å². The fourth-order valence-corrected chi connectivity index (χ4v) is 6.80. The van der Waals surface area contributed by atoms with Gasteiger partial charge < -0.3 is 0 Å². The first-order chi connectivity index (χ1) is 12.8. The van der Waals surface area contributed by atoms with Crippen molar-refractivity contribution >= 4 is 17.7 Å². The molecule has 0 spiro atoms. The van der Waals surface area contributed by atoms with E-state index in [1.54, 1.807) is 6.07 Å². The molecule has 3 rings (SSSR count). The van der Waals surface area contributed by atoms with E-state index in [-0.39, 0.29) is 5.82 Å². The molecule has 0 saturated carbocycles. The predicted molar refractivity (Wildman–Crippen MR) is 117 cm³/mol. The van der Waals surface area contributed by atoms with Crippen LogP contribution in [0.25, 0.3) is 22.4 Å². The molecule has 0 radical (unpaired) electrons. The Bertz CT molecular complexity index is 927. The minimum atomic E-state index is -1.99. The molecule has 0 aliphatic rings. The van der Waals surface area contributed by atoms with Crippen LogP contribution in [-0.4, -0.2) is 18.3 Å². The Morgan fingerprint density at radius 3 is 2.26 bits per heavy atom. The van der Waals surface area contributed by atoms with E-state index in [4.69, 9.17) is 4.98 Å². The van der Waals surface area contributed by atoms with Crippen LogP contribution in [0.4, 0.5) is 4.39 Å². The van der Waals surface area contributed by atoms with E-state index in [0.29, 0.717) is 11.5 Å². The molecule has 1 aromatic heterocycles. The van der Waals surface area contributed by atoms with Gasteiger partial charge in [0.25, 0.3) is 0 Å². The van der Waals surface area contributed by atoms with Gasteiger partial charge in [-0.25, -0.2) is 0 Å². The molecule has 0 aliphatic heterocycles. The summed E-state index contributed by atoms with van der Waals surface area (Å²) < 4.78 is 15.9. The van der Waals surface area contributed by atoms with Crippen molar-refractivity contribution in [3.63, 3.8) is 0 Å². The van der Waals surface area contributed by atoms with Crippen molar-refractivity contribution in [2.45, 2.75) is 37.5 Å². The molecule has 0 aliphatic carbocycles. The summed E-state index contributed by atoms with van der Waals surface area (Å²) in [6.07, 6.45) is 3.14. The van der Waals surface area contributed by atoms with Gasteiger partial charge in [-0.1, -0.05) is 0 Å². The van der Waals surface area contributed by atoms with Crippen molar-refractivity contribution in [2.75, 3.05) is 0 Å². The van der Waals surface area contributed by atoms with Gasteiger partial charge in [0.1, 0.15) is 0 Å². The zero-order valence-corrected chi connectivity index (χ0v) is 19.0. The molecule has 0 unspecified atom stereocenters.